The molecule has 10 rings (SSSR count). The summed E-state index contributed by atoms with van der Waals surface area (Å²) < 4.78 is 6.53. The monoisotopic (exact) mass is 644 g/mol. The Labute approximate surface area is 292 Å². The molecule has 0 fully saturated rings. The van der Waals surface area contributed by atoms with Gasteiger partial charge in [0.1, 0.15) is 5.52 Å². The number of benzene rings is 7. The minimum absolute atomic E-state index is 0.0706. The lowest BCUT2D eigenvalue weighted by atomic mass is 9.82. The van der Waals surface area contributed by atoms with Crippen molar-refractivity contribution in [1.29, 1.82) is 0 Å². The average Bonchev–Trinajstić information content (AvgIpc) is 3.76. The van der Waals surface area contributed by atoms with Crippen LogP contribution in [0.4, 0.5) is 17.1 Å². The molecule has 0 saturated heterocycles. The van der Waals surface area contributed by atoms with Gasteiger partial charge < -0.3 is 9.32 Å². The lowest BCUT2D eigenvalue weighted by Gasteiger charge is -2.30. The molecule has 0 N–H and O–H groups in total. The van der Waals surface area contributed by atoms with Crippen molar-refractivity contribution in [2.45, 2.75) is 38.5 Å². The van der Waals surface area contributed by atoms with Crippen LogP contribution in [0.15, 0.2) is 150 Å². The number of aromatic nitrogens is 1. The fourth-order valence-corrected chi connectivity index (χ4v) is 8.73. The highest BCUT2D eigenvalue weighted by Crippen LogP contribution is 2.53. The smallest absolute Gasteiger partial charge is 0.227 e. The molecule has 240 valence electrons. The molecule has 2 aliphatic carbocycles. The third kappa shape index (κ3) is 4.01. The molecule has 0 bridgehead atoms. The van der Waals surface area contributed by atoms with E-state index in [0.717, 1.165) is 44.5 Å². The van der Waals surface area contributed by atoms with E-state index in [0.29, 0.717) is 5.89 Å². The standard InChI is InChI=1S/C47H36N2O/c1-46(2)39-21-13-11-17-33(39)37-26-30(23-25-40(37)46)49(31-22-24-34-32-16-10-12-20-38(32)47(3,4)41(34)27-31)43-28-42-44(36-19-9-8-18-35(36)43)50-45(48-42)29-14-6-5-7-15-29/h5-28H,1-4H3. The zero-order valence-electron chi connectivity index (χ0n) is 28.7. The van der Waals surface area contributed by atoms with Gasteiger partial charge in [-0.3, -0.25) is 0 Å². The van der Waals surface area contributed by atoms with Crippen molar-refractivity contribution in [1.82, 2.24) is 4.98 Å². The molecule has 1 heterocycles. The molecule has 0 atom stereocenters. The van der Waals surface area contributed by atoms with E-state index in [1.54, 1.807) is 0 Å². The Hall–Kier alpha value is -5.93. The van der Waals surface area contributed by atoms with Crippen LogP contribution in [-0.2, 0) is 10.8 Å². The number of anilines is 3. The predicted octanol–water partition coefficient (Wildman–Crippen LogP) is 12.7. The second-order valence-electron chi connectivity index (χ2n) is 14.8. The molecule has 8 aromatic rings. The van der Waals surface area contributed by atoms with Crippen molar-refractivity contribution in [3.05, 3.63) is 168 Å². The fraction of sp³-hybridized carbons (Fsp3) is 0.128. The number of rotatable bonds is 4. The van der Waals surface area contributed by atoms with Crippen LogP contribution < -0.4 is 4.90 Å². The maximum Gasteiger partial charge on any atom is 0.227 e. The van der Waals surface area contributed by atoms with Gasteiger partial charge >= 0.3 is 0 Å². The van der Waals surface area contributed by atoms with Crippen LogP contribution in [0, 0.1) is 0 Å². The van der Waals surface area contributed by atoms with E-state index >= 15 is 0 Å². The molecule has 1 aromatic heterocycles. The zero-order valence-corrected chi connectivity index (χ0v) is 28.7. The highest BCUT2D eigenvalue weighted by Gasteiger charge is 2.37. The molecule has 3 nitrogen and oxygen atoms in total. The van der Waals surface area contributed by atoms with Crippen LogP contribution in [0.1, 0.15) is 49.9 Å². The molecule has 3 heteroatoms. The molecule has 50 heavy (non-hydrogen) atoms. The summed E-state index contributed by atoms with van der Waals surface area (Å²) in [7, 11) is 0. The van der Waals surface area contributed by atoms with Crippen LogP contribution in [0.3, 0.4) is 0 Å². The molecule has 2 aliphatic rings. The van der Waals surface area contributed by atoms with Crippen molar-refractivity contribution in [3.8, 4) is 33.7 Å². The van der Waals surface area contributed by atoms with E-state index < -0.39 is 0 Å². The number of hydrogen-bond acceptors (Lipinski definition) is 3. The van der Waals surface area contributed by atoms with Crippen molar-refractivity contribution in [2.75, 3.05) is 4.90 Å². The van der Waals surface area contributed by atoms with Gasteiger partial charge in [0, 0.05) is 38.5 Å². The number of hydrogen-bond donors (Lipinski definition) is 0. The van der Waals surface area contributed by atoms with Crippen LogP contribution in [0.25, 0.3) is 55.6 Å². The van der Waals surface area contributed by atoms with E-state index in [1.807, 2.05) is 30.3 Å². The van der Waals surface area contributed by atoms with Crippen LogP contribution in [-0.4, -0.2) is 4.98 Å². The third-order valence-corrected chi connectivity index (χ3v) is 11.3. The SMILES string of the molecule is CC1(C)c2ccccc2-c2cc(N(c3ccc4c(c3)C(C)(C)c3ccccc3-4)c3cc4nc(-c5ccccc5)oc4c4ccccc34)ccc21. The lowest BCUT2D eigenvalue weighted by Crippen LogP contribution is -2.17. The normalized spacial score (nSPS) is 14.7. The fourth-order valence-electron chi connectivity index (χ4n) is 8.73. The van der Waals surface area contributed by atoms with Crippen molar-refractivity contribution in [2.24, 2.45) is 0 Å². The molecular weight excluding hydrogens is 609 g/mol. The topological polar surface area (TPSA) is 29.3 Å². The number of oxazole rings is 1. The molecular formula is C47H36N2O. The van der Waals surface area contributed by atoms with E-state index in [-0.39, 0.29) is 10.8 Å². The second kappa shape index (κ2) is 10.3. The number of fused-ring (bicyclic) bond motifs is 9. The van der Waals surface area contributed by atoms with E-state index in [1.165, 1.54) is 44.5 Å². The highest BCUT2D eigenvalue weighted by atomic mass is 16.3. The van der Waals surface area contributed by atoms with Gasteiger partial charge in [0.2, 0.25) is 5.89 Å². The van der Waals surface area contributed by atoms with Gasteiger partial charge in [-0.15, -0.1) is 0 Å². The third-order valence-electron chi connectivity index (χ3n) is 11.3. The molecule has 0 unspecified atom stereocenters. The summed E-state index contributed by atoms with van der Waals surface area (Å²) >= 11 is 0. The Balaban J connectivity index is 1.25. The number of nitrogens with zero attached hydrogens (tertiary/aromatic N) is 2. The maximum absolute atomic E-state index is 6.53. The zero-order chi connectivity index (χ0) is 33.8. The quantitative estimate of drug-likeness (QED) is 0.191. The first-order valence-corrected chi connectivity index (χ1v) is 17.5. The highest BCUT2D eigenvalue weighted by molar-refractivity contribution is 6.12. The Morgan fingerprint density at radius 3 is 1.80 bits per heavy atom. The summed E-state index contributed by atoms with van der Waals surface area (Å²) in [5.41, 5.74) is 16.4. The summed E-state index contributed by atoms with van der Waals surface area (Å²) in [6.45, 7) is 9.38. The summed E-state index contributed by atoms with van der Waals surface area (Å²) in [6, 6.07) is 52.7. The van der Waals surface area contributed by atoms with Crippen molar-refractivity contribution in [3.63, 3.8) is 0 Å². The van der Waals surface area contributed by atoms with E-state index in [4.69, 9.17) is 9.40 Å². The second-order valence-corrected chi connectivity index (χ2v) is 14.8. The first-order valence-electron chi connectivity index (χ1n) is 17.5. The molecule has 0 saturated carbocycles. The Morgan fingerprint density at radius 2 is 1.04 bits per heavy atom. The van der Waals surface area contributed by atoms with E-state index in [2.05, 4.69) is 148 Å². The maximum atomic E-state index is 6.53. The van der Waals surface area contributed by atoms with Gasteiger partial charge in [0.15, 0.2) is 5.58 Å². The summed E-state index contributed by atoms with van der Waals surface area (Å²) in [4.78, 5) is 7.52. The first kappa shape index (κ1) is 29.0. The molecule has 7 aromatic carbocycles. The van der Waals surface area contributed by atoms with Gasteiger partial charge in [0.25, 0.3) is 0 Å². The summed E-state index contributed by atoms with van der Waals surface area (Å²) in [5.74, 6) is 0.628. The Morgan fingerprint density at radius 1 is 0.480 bits per heavy atom. The van der Waals surface area contributed by atoms with Gasteiger partial charge in [-0.05, 0) is 87.0 Å². The van der Waals surface area contributed by atoms with Gasteiger partial charge in [0.05, 0.1) is 5.69 Å². The first-order chi connectivity index (χ1) is 24.3. The predicted molar refractivity (Wildman–Crippen MR) is 207 cm³/mol. The Kier molecular flexibility index (Phi) is 5.97. The molecule has 0 amide bonds. The van der Waals surface area contributed by atoms with Crippen LogP contribution in [0.5, 0.6) is 0 Å². The van der Waals surface area contributed by atoms with Gasteiger partial charge in [-0.2, -0.15) is 0 Å². The minimum Gasteiger partial charge on any atom is -0.435 e. The minimum atomic E-state index is -0.128. The molecule has 0 spiro atoms. The van der Waals surface area contributed by atoms with E-state index in [9.17, 15) is 0 Å². The lowest BCUT2D eigenvalue weighted by molar-refractivity contribution is 0.623. The van der Waals surface area contributed by atoms with Crippen LogP contribution in [0.2, 0.25) is 0 Å². The Bertz CT molecular complexity index is 2660. The average molecular weight is 645 g/mol. The van der Waals surface area contributed by atoms with Crippen molar-refractivity contribution >= 4 is 38.9 Å². The van der Waals surface area contributed by atoms with Crippen molar-refractivity contribution < 1.29 is 4.42 Å². The largest absolute Gasteiger partial charge is 0.435 e. The van der Waals surface area contributed by atoms with Crippen LogP contribution >= 0.6 is 0 Å². The molecule has 0 radical (unpaired) electrons. The van der Waals surface area contributed by atoms with Gasteiger partial charge in [-0.1, -0.05) is 131 Å². The summed E-state index contributed by atoms with van der Waals surface area (Å²) in [6.07, 6.45) is 0. The van der Waals surface area contributed by atoms with Gasteiger partial charge in [-0.25, -0.2) is 4.98 Å². The molecule has 0 aliphatic heterocycles. The summed E-state index contributed by atoms with van der Waals surface area (Å²) in [5, 5.41) is 2.15.